The van der Waals surface area contributed by atoms with E-state index >= 15 is 0 Å². The van der Waals surface area contributed by atoms with E-state index in [2.05, 4.69) is 20.6 Å². The summed E-state index contributed by atoms with van der Waals surface area (Å²) in [5, 5.41) is 6.61. The lowest BCUT2D eigenvalue weighted by atomic mass is 10.2. The second kappa shape index (κ2) is 6.53. The van der Waals surface area contributed by atoms with Crippen molar-refractivity contribution < 1.29 is 18.7 Å². The first-order valence-electron chi connectivity index (χ1n) is 7.11. The zero-order valence-corrected chi connectivity index (χ0v) is 13.1. The molecular weight excluding hydrogens is 315 g/mol. The van der Waals surface area contributed by atoms with Gasteiger partial charge in [0.25, 0.3) is 0 Å². The van der Waals surface area contributed by atoms with Crippen LogP contribution in [0.15, 0.2) is 35.5 Å². The standard InChI is InChI=1S/C16H15FN4O3/c1-23-13-5-3-4-11(17)9(13)7-19-16(22)21-14-6-12-10(8-18-14)15(20-12)24-2/h3-6,8H,7H2,1-2H3,(H2,18,19,21,22). The second-order valence-corrected chi connectivity index (χ2v) is 4.94. The number of amides is 2. The van der Waals surface area contributed by atoms with Crippen LogP contribution in [-0.2, 0) is 11.3 Å². The fraction of sp³-hybridized carbons (Fsp3) is 0.188. The molecule has 0 atom stereocenters. The van der Waals surface area contributed by atoms with Crippen LogP contribution >= 0.6 is 0 Å². The number of urea groups is 1. The van der Waals surface area contributed by atoms with Gasteiger partial charge < -0.3 is 14.8 Å². The molecule has 1 aliphatic rings. The van der Waals surface area contributed by atoms with Crippen LogP contribution in [0.1, 0.15) is 5.56 Å². The molecule has 3 rings (SSSR count). The van der Waals surface area contributed by atoms with Gasteiger partial charge in [-0.25, -0.2) is 19.2 Å². The summed E-state index contributed by atoms with van der Waals surface area (Å²) >= 11 is 0. The molecule has 1 aromatic carbocycles. The molecule has 0 unspecified atom stereocenters. The predicted molar refractivity (Wildman–Crippen MR) is 84.2 cm³/mol. The summed E-state index contributed by atoms with van der Waals surface area (Å²) in [6.45, 7) is -0.0153. The molecule has 124 valence electrons. The molecule has 2 amide bonds. The number of rotatable bonds is 5. The van der Waals surface area contributed by atoms with Crippen LogP contribution in [0.4, 0.5) is 15.0 Å². The Balaban J connectivity index is 1.64. The van der Waals surface area contributed by atoms with E-state index in [1.807, 2.05) is 0 Å². The van der Waals surface area contributed by atoms with E-state index in [0.717, 1.165) is 5.22 Å². The minimum atomic E-state index is -0.511. The number of carbonyl (C=O) groups excluding carboxylic acids is 1. The Morgan fingerprint density at radius 2 is 2.12 bits per heavy atom. The summed E-state index contributed by atoms with van der Waals surface area (Å²) in [6, 6.07) is 5.59. The maximum Gasteiger partial charge on any atom is 0.320 e. The highest BCUT2D eigenvalue weighted by molar-refractivity contribution is 5.88. The number of anilines is 1. The van der Waals surface area contributed by atoms with E-state index in [4.69, 9.17) is 9.47 Å². The van der Waals surface area contributed by atoms with E-state index in [-0.39, 0.29) is 12.1 Å². The third-order valence-corrected chi connectivity index (χ3v) is 3.49. The molecular formula is C16H15FN4O3. The number of ether oxygens (including phenoxy) is 2. The minimum Gasteiger partial charge on any atom is -0.496 e. The Labute approximate surface area is 136 Å². The maximum atomic E-state index is 13.8. The van der Waals surface area contributed by atoms with Gasteiger partial charge in [0.15, 0.2) is 0 Å². The van der Waals surface area contributed by atoms with Gasteiger partial charge in [-0.05, 0) is 12.1 Å². The zero-order chi connectivity index (χ0) is 17.1. The first-order chi connectivity index (χ1) is 11.6. The van der Waals surface area contributed by atoms with Crippen LogP contribution in [-0.4, -0.2) is 25.2 Å². The number of halogens is 1. The first-order valence-corrected chi connectivity index (χ1v) is 7.11. The van der Waals surface area contributed by atoms with Crippen molar-refractivity contribution in [3.8, 4) is 5.75 Å². The Morgan fingerprint density at radius 1 is 1.29 bits per heavy atom. The van der Waals surface area contributed by atoms with E-state index in [1.54, 1.807) is 18.3 Å². The van der Waals surface area contributed by atoms with Crippen molar-refractivity contribution in [1.29, 1.82) is 0 Å². The number of methoxy groups -OCH3 is 2. The van der Waals surface area contributed by atoms with Crippen LogP contribution < -0.4 is 25.9 Å². The maximum absolute atomic E-state index is 13.8. The average Bonchev–Trinajstić information content (AvgIpc) is 2.55. The lowest BCUT2D eigenvalue weighted by Crippen LogP contribution is -2.37. The average molecular weight is 330 g/mol. The number of hydrogen-bond acceptors (Lipinski definition) is 5. The highest BCUT2D eigenvalue weighted by atomic mass is 19.1. The summed E-state index contributed by atoms with van der Waals surface area (Å²) < 4.78 is 23.9. The molecule has 2 N–H and O–H groups in total. The van der Waals surface area contributed by atoms with Crippen LogP contribution in [0.25, 0.3) is 5.88 Å². The Bertz CT molecular complexity index is 914. The van der Waals surface area contributed by atoms with Gasteiger partial charge in [0, 0.05) is 17.8 Å². The molecule has 8 heteroatoms. The first kappa shape index (κ1) is 15.7. The van der Waals surface area contributed by atoms with Gasteiger partial charge in [-0.1, -0.05) is 6.07 Å². The van der Waals surface area contributed by atoms with Crippen molar-refractivity contribution in [3.05, 3.63) is 52.4 Å². The van der Waals surface area contributed by atoms with Crippen molar-refractivity contribution >= 4 is 17.7 Å². The van der Waals surface area contributed by atoms with Crippen LogP contribution in [0, 0.1) is 5.82 Å². The number of benzene rings is 1. The number of nitrogens with zero attached hydrogens (tertiary/aromatic N) is 2. The molecule has 0 saturated heterocycles. The number of nitrogens with one attached hydrogen (secondary N) is 2. The molecule has 1 aliphatic heterocycles. The molecule has 0 bridgehead atoms. The van der Waals surface area contributed by atoms with Gasteiger partial charge >= 0.3 is 6.03 Å². The van der Waals surface area contributed by atoms with Crippen LogP contribution in [0.5, 0.6) is 5.75 Å². The Kier molecular flexibility index (Phi) is 4.28. The molecule has 1 aromatic heterocycles. The highest BCUT2D eigenvalue weighted by Gasteiger charge is 2.12. The van der Waals surface area contributed by atoms with Crippen LogP contribution in [0.3, 0.4) is 0 Å². The molecule has 2 heterocycles. The fourth-order valence-corrected chi connectivity index (χ4v) is 2.27. The van der Waals surface area contributed by atoms with Gasteiger partial charge in [-0.15, -0.1) is 0 Å². The molecule has 0 aliphatic carbocycles. The minimum absolute atomic E-state index is 0.0153. The molecule has 0 radical (unpaired) electrons. The normalized spacial score (nSPS) is 11.7. The van der Waals surface area contributed by atoms with Gasteiger partial charge in [0.2, 0.25) is 5.88 Å². The molecule has 2 aromatic rings. The van der Waals surface area contributed by atoms with Gasteiger partial charge in [0.05, 0.1) is 31.3 Å². The fourth-order valence-electron chi connectivity index (χ4n) is 2.27. The van der Waals surface area contributed by atoms with Crippen molar-refractivity contribution in [2.75, 3.05) is 19.5 Å². The summed E-state index contributed by atoms with van der Waals surface area (Å²) in [6.07, 6.45) is 1.57. The number of fused-ring (bicyclic) bond motifs is 1. The smallest absolute Gasteiger partial charge is 0.320 e. The monoisotopic (exact) mass is 330 g/mol. The molecule has 7 nitrogen and oxygen atoms in total. The quantitative estimate of drug-likeness (QED) is 0.853. The van der Waals surface area contributed by atoms with E-state index in [0.29, 0.717) is 22.8 Å². The number of pyridine rings is 1. The van der Waals surface area contributed by atoms with Crippen molar-refractivity contribution in [1.82, 2.24) is 10.3 Å². The SMILES string of the molecule is COC1=c2cnc(NC(=O)NCc3c(F)cccc3OC)cc2=N1. The summed E-state index contributed by atoms with van der Waals surface area (Å²) in [5.74, 6) is 0.775. The lowest BCUT2D eigenvalue weighted by Gasteiger charge is -2.12. The molecule has 24 heavy (non-hydrogen) atoms. The molecule has 0 spiro atoms. The zero-order valence-electron chi connectivity index (χ0n) is 13.1. The predicted octanol–water partition coefficient (Wildman–Crippen LogP) is 0.896. The lowest BCUT2D eigenvalue weighted by molar-refractivity contribution is 0.251. The summed E-state index contributed by atoms with van der Waals surface area (Å²) in [7, 11) is 2.97. The third-order valence-electron chi connectivity index (χ3n) is 3.49. The summed E-state index contributed by atoms with van der Waals surface area (Å²) in [4.78, 5) is 20.2. The number of carbonyl (C=O) groups is 1. The Hall–Kier alpha value is -3.16. The van der Waals surface area contributed by atoms with E-state index in [9.17, 15) is 9.18 Å². The van der Waals surface area contributed by atoms with Gasteiger partial charge in [0.1, 0.15) is 17.4 Å². The topological polar surface area (TPSA) is 84.8 Å². The van der Waals surface area contributed by atoms with Crippen LogP contribution in [0.2, 0.25) is 0 Å². The van der Waals surface area contributed by atoms with Crippen molar-refractivity contribution in [2.45, 2.75) is 6.54 Å². The Morgan fingerprint density at radius 3 is 2.83 bits per heavy atom. The number of aromatic nitrogens is 1. The molecule has 0 fully saturated rings. The van der Waals surface area contributed by atoms with Gasteiger partial charge in [-0.3, -0.25) is 5.32 Å². The third kappa shape index (κ3) is 2.98. The summed E-state index contributed by atoms with van der Waals surface area (Å²) in [5.41, 5.74) is 0.273. The largest absolute Gasteiger partial charge is 0.496 e. The van der Waals surface area contributed by atoms with Crippen molar-refractivity contribution in [2.24, 2.45) is 4.99 Å². The van der Waals surface area contributed by atoms with E-state index in [1.165, 1.54) is 26.4 Å². The number of hydrogen-bond donors (Lipinski definition) is 2. The van der Waals surface area contributed by atoms with E-state index < -0.39 is 11.8 Å². The van der Waals surface area contributed by atoms with Crippen molar-refractivity contribution in [3.63, 3.8) is 0 Å². The second-order valence-electron chi connectivity index (χ2n) is 4.94. The molecule has 0 saturated carbocycles. The van der Waals surface area contributed by atoms with Gasteiger partial charge in [-0.2, -0.15) is 0 Å². The highest BCUT2D eigenvalue weighted by Crippen LogP contribution is 2.20.